The maximum Gasteiger partial charge on any atom is 0.326 e. The highest BCUT2D eigenvalue weighted by Crippen LogP contribution is 2.19. The third-order valence-corrected chi connectivity index (χ3v) is 2.99. The third kappa shape index (κ3) is 2.65. The number of hydrogen-bond acceptors (Lipinski definition) is 4. The Balaban J connectivity index is 2.06. The summed E-state index contributed by atoms with van der Waals surface area (Å²) in [6, 6.07) is 2.50. The second-order valence-corrected chi connectivity index (χ2v) is 4.32. The molecule has 0 radical (unpaired) electrons. The van der Waals surface area contributed by atoms with Gasteiger partial charge in [-0.3, -0.25) is 9.78 Å². The van der Waals surface area contributed by atoms with Crippen molar-refractivity contribution in [3.05, 3.63) is 30.1 Å². The summed E-state index contributed by atoms with van der Waals surface area (Å²) in [5, 5.41) is 18.5. The first kappa shape index (κ1) is 12.5. The highest BCUT2D eigenvalue weighted by atomic mass is 16.4. The first-order valence-corrected chi connectivity index (χ1v) is 5.67. The largest absolute Gasteiger partial charge is 0.480 e. The van der Waals surface area contributed by atoms with Gasteiger partial charge in [0.2, 0.25) is 5.91 Å². The molecule has 1 fully saturated rings. The normalized spacial score (nSPS) is 23.1. The molecule has 1 aliphatic rings. The number of aliphatic hydroxyl groups excluding tert-OH is 1. The van der Waals surface area contributed by atoms with Gasteiger partial charge in [0.1, 0.15) is 6.04 Å². The molecule has 0 aromatic carbocycles. The molecule has 1 saturated heterocycles. The number of carboxylic acid groups (broad SMARTS) is 1. The van der Waals surface area contributed by atoms with Gasteiger partial charge in [0.05, 0.1) is 12.5 Å². The number of carbonyl (C=O) groups excluding carboxylic acids is 1. The summed E-state index contributed by atoms with van der Waals surface area (Å²) < 4.78 is 0. The van der Waals surface area contributed by atoms with Crippen molar-refractivity contribution in [2.24, 2.45) is 0 Å². The summed E-state index contributed by atoms with van der Waals surface area (Å²) in [6.07, 6.45) is 2.62. The number of β-amino-alcohol motifs (C(OH)–C–C–N with tert-alkyl or cyclic N) is 1. The van der Waals surface area contributed by atoms with Gasteiger partial charge in [-0.2, -0.15) is 0 Å². The van der Waals surface area contributed by atoms with Gasteiger partial charge in [0, 0.05) is 25.4 Å². The zero-order chi connectivity index (χ0) is 13.1. The lowest BCUT2D eigenvalue weighted by Gasteiger charge is -2.21. The topological polar surface area (TPSA) is 90.7 Å². The summed E-state index contributed by atoms with van der Waals surface area (Å²) in [4.78, 5) is 28.1. The van der Waals surface area contributed by atoms with Crippen molar-refractivity contribution in [1.82, 2.24) is 9.88 Å². The summed E-state index contributed by atoms with van der Waals surface area (Å²) in [7, 11) is 0. The third-order valence-electron chi connectivity index (χ3n) is 2.99. The van der Waals surface area contributed by atoms with Crippen LogP contribution < -0.4 is 0 Å². The molecule has 1 aromatic heterocycles. The van der Waals surface area contributed by atoms with Gasteiger partial charge in [-0.1, -0.05) is 0 Å². The van der Waals surface area contributed by atoms with E-state index in [1.165, 1.54) is 4.90 Å². The summed E-state index contributed by atoms with van der Waals surface area (Å²) in [5.74, 6) is -1.36. The minimum atomic E-state index is -1.07. The molecule has 0 unspecified atom stereocenters. The van der Waals surface area contributed by atoms with Gasteiger partial charge in [-0.25, -0.2) is 4.79 Å². The number of carbonyl (C=O) groups is 2. The molecule has 1 amide bonds. The fourth-order valence-corrected chi connectivity index (χ4v) is 2.10. The monoisotopic (exact) mass is 250 g/mol. The van der Waals surface area contributed by atoms with Crippen molar-refractivity contribution < 1.29 is 19.8 Å². The van der Waals surface area contributed by atoms with Crippen LogP contribution in [-0.4, -0.2) is 50.7 Å². The van der Waals surface area contributed by atoms with E-state index < -0.39 is 18.1 Å². The molecule has 2 N–H and O–H groups in total. The molecule has 0 spiro atoms. The zero-order valence-corrected chi connectivity index (χ0v) is 9.69. The van der Waals surface area contributed by atoms with Crippen LogP contribution in [0.1, 0.15) is 12.0 Å². The number of nitrogens with zero attached hydrogens (tertiary/aromatic N) is 2. The molecule has 2 atom stereocenters. The second kappa shape index (κ2) is 5.14. The van der Waals surface area contributed by atoms with Crippen LogP contribution in [0.3, 0.4) is 0 Å². The fraction of sp³-hybridized carbons (Fsp3) is 0.417. The van der Waals surface area contributed by atoms with E-state index in [1.54, 1.807) is 24.5 Å². The average Bonchev–Trinajstić information content (AvgIpc) is 2.73. The Labute approximate surface area is 104 Å². The van der Waals surface area contributed by atoms with Gasteiger partial charge >= 0.3 is 5.97 Å². The van der Waals surface area contributed by atoms with Crippen LogP contribution in [0.4, 0.5) is 0 Å². The minimum absolute atomic E-state index is 0.0842. The lowest BCUT2D eigenvalue weighted by molar-refractivity contribution is -0.148. The molecule has 0 aliphatic carbocycles. The van der Waals surface area contributed by atoms with Crippen LogP contribution in [0, 0.1) is 0 Å². The van der Waals surface area contributed by atoms with Gasteiger partial charge in [-0.15, -0.1) is 0 Å². The molecular weight excluding hydrogens is 236 g/mol. The molecule has 6 heteroatoms. The zero-order valence-electron chi connectivity index (χ0n) is 9.69. The van der Waals surface area contributed by atoms with E-state index in [2.05, 4.69) is 4.98 Å². The van der Waals surface area contributed by atoms with Crippen LogP contribution in [0.5, 0.6) is 0 Å². The van der Waals surface area contributed by atoms with Crippen molar-refractivity contribution in [3.63, 3.8) is 0 Å². The van der Waals surface area contributed by atoms with E-state index in [4.69, 9.17) is 5.11 Å². The number of rotatable bonds is 3. The molecule has 2 rings (SSSR count). The van der Waals surface area contributed by atoms with Crippen molar-refractivity contribution >= 4 is 11.9 Å². The molecule has 6 nitrogen and oxygen atoms in total. The summed E-state index contributed by atoms with van der Waals surface area (Å²) in [6.45, 7) is 0.0842. The van der Waals surface area contributed by atoms with Crippen molar-refractivity contribution in [3.8, 4) is 0 Å². The first-order valence-electron chi connectivity index (χ1n) is 5.67. The van der Waals surface area contributed by atoms with E-state index in [-0.39, 0.29) is 25.3 Å². The number of amides is 1. The van der Waals surface area contributed by atoms with Crippen molar-refractivity contribution in [1.29, 1.82) is 0 Å². The highest BCUT2D eigenvalue weighted by Gasteiger charge is 2.38. The first-order chi connectivity index (χ1) is 8.58. The number of likely N-dealkylation sites (tertiary alicyclic amines) is 1. The Morgan fingerprint density at radius 3 is 2.67 bits per heavy atom. The SMILES string of the molecule is O=C(O)[C@H]1C[C@@H](O)CN1C(=O)Cc1ccncc1. The van der Waals surface area contributed by atoms with Gasteiger partial charge in [0.25, 0.3) is 0 Å². The van der Waals surface area contributed by atoms with E-state index in [9.17, 15) is 14.7 Å². The quantitative estimate of drug-likeness (QED) is 0.766. The summed E-state index contributed by atoms with van der Waals surface area (Å²) >= 11 is 0. The minimum Gasteiger partial charge on any atom is -0.480 e. The number of pyridine rings is 1. The predicted molar refractivity (Wildman–Crippen MR) is 61.7 cm³/mol. The number of aliphatic carboxylic acids is 1. The Kier molecular flexibility index (Phi) is 3.57. The molecule has 0 bridgehead atoms. The van der Waals surface area contributed by atoms with Crippen LogP contribution in [-0.2, 0) is 16.0 Å². The standard InChI is InChI=1S/C12H14N2O4/c15-9-6-10(12(17)18)14(7-9)11(16)5-8-1-3-13-4-2-8/h1-4,9-10,15H,5-7H2,(H,17,18)/t9-,10-/m1/s1. The summed E-state index contributed by atoms with van der Waals surface area (Å²) in [5.41, 5.74) is 0.778. The van der Waals surface area contributed by atoms with Crippen LogP contribution in [0.2, 0.25) is 0 Å². The van der Waals surface area contributed by atoms with Gasteiger partial charge < -0.3 is 15.1 Å². The van der Waals surface area contributed by atoms with Crippen molar-refractivity contribution in [2.45, 2.75) is 25.0 Å². The smallest absolute Gasteiger partial charge is 0.326 e. The predicted octanol–water partition coefficient (Wildman–Crippen LogP) is -0.330. The lowest BCUT2D eigenvalue weighted by Crippen LogP contribution is -2.41. The Morgan fingerprint density at radius 2 is 2.06 bits per heavy atom. The molecule has 1 aliphatic heterocycles. The van der Waals surface area contributed by atoms with E-state index in [1.807, 2.05) is 0 Å². The van der Waals surface area contributed by atoms with Crippen LogP contribution in [0.25, 0.3) is 0 Å². The average molecular weight is 250 g/mol. The lowest BCUT2D eigenvalue weighted by atomic mass is 10.1. The fourth-order valence-electron chi connectivity index (χ4n) is 2.10. The Bertz CT molecular complexity index is 449. The van der Waals surface area contributed by atoms with E-state index in [0.717, 1.165) is 5.56 Å². The highest BCUT2D eigenvalue weighted by molar-refractivity contribution is 5.85. The molecular formula is C12H14N2O4. The second-order valence-electron chi connectivity index (χ2n) is 4.32. The molecule has 96 valence electrons. The van der Waals surface area contributed by atoms with Gasteiger partial charge in [-0.05, 0) is 17.7 Å². The van der Waals surface area contributed by atoms with E-state index in [0.29, 0.717) is 0 Å². The molecule has 0 saturated carbocycles. The molecule has 18 heavy (non-hydrogen) atoms. The van der Waals surface area contributed by atoms with E-state index >= 15 is 0 Å². The number of hydrogen-bond donors (Lipinski definition) is 2. The van der Waals surface area contributed by atoms with Crippen LogP contribution >= 0.6 is 0 Å². The molecule has 2 heterocycles. The number of carboxylic acids is 1. The Morgan fingerprint density at radius 1 is 1.39 bits per heavy atom. The maximum atomic E-state index is 12.0. The Hall–Kier alpha value is -1.95. The van der Waals surface area contributed by atoms with Crippen LogP contribution in [0.15, 0.2) is 24.5 Å². The van der Waals surface area contributed by atoms with Crippen molar-refractivity contribution in [2.75, 3.05) is 6.54 Å². The number of aromatic nitrogens is 1. The maximum absolute atomic E-state index is 12.0. The molecule has 1 aromatic rings. The number of aliphatic hydroxyl groups is 1. The van der Waals surface area contributed by atoms with Gasteiger partial charge in [0.15, 0.2) is 0 Å².